The van der Waals surface area contributed by atoms with Gasteiger partial charge >= 0.3 is 0 Å². The molecular weight excluding hydrogens is 348 g/mol. The van der Waals surface area contributed by atoms with Gasteiger partial charge in [0.1, 0.15) is 5.69 Å². The van der Waals surface area contributed by atoms with Crippen molar-refractivity contribution in [3.05, 3.63) is 47.1 Å². The van der Waals surface area contributed by atoms with Crippen LogP contribution in [0.3, 0.4) is 0 Å². The van der Waals surface area contributed by atoms with Crippen LogP contribution in [0.1, 0.15) is 23.0 Å². The average Bonchev–Trinajstić information content (AvgIpc) is 3.22. The van der Waals surface area contributed by atoms with Gasteiger partial charge in [0.25, 0.3) is 5.91 Å². The fourth-order valence-electron chi connectivity index (χ4n) is 3.19. The van der Waals surface area contributed by atoms with Crippen LogP contribution in [0, 0.1) is 6.92 Å². The molecule has 2 amide bonds. The number of hydrogen-bond acceptors (Lipinski definition) is 4. The van der Waals surface area contributed by atoms with Gasteiger partial charge in [-0.15, -0.1) is 11.3 Å². The van der Waals surface area contributed by atoms with E-state index in [-0.39, 0.29) is 11.8 Å². The number of hydrogen-bond donors (Lipinski definition) is 0. The fraction of sp³-hybridized carbons (Fsp3) is 0.316. The number of aryl methyl sites for hydroxylation is 1. The van der Waals surface area contributed by atoms with E-state index in [0.29, 0.717) is 31.9 Å². The molecule has 7 heteroatoms. The molecule has 0 atom stereocenters. The summed E-state index contributed by atoms with van der Waals surface area (Å²) in [4.78, 5) is 33.4. The molecule has 2 aromatic heterocycles. The minimum atomic E-state index is -0.00712. The lowest BCUT2D eigenvalue weighted by molar-refractivity contribution is -0.130. The molecule has 0 radical (unpaired) electrons. The maximum absolute atomic E-state index is 12.9. The first kappa shape index (κ1) is 16.8. The number of piperazine rings is 1. The van der Waals surface area contributed by atoms with Crippen molar-refractivity contribution in [3.63, 3.8) is 0 Å². The summed E-state index contributed by atoms with van der Waals surface area (Å²) in [5.74, 6) is 0.0553. The van der Waals surface area contributed by atoms with Crippen LogP contribution in [0.4, 0.5) is 0 Å². The van der Waals surface area contributed by atoms with Crippen LogP contribution in [0.5, 0.6) is 0 Å². The van der Waals surface area contributed by atoms with Gasteiger partial charge in [-0.05, 0) is 6.92 Å². The highest BCUT2D eigenvalue weighted by Gasteiger charge is 2.25. The Bertz CT molecular complexity index is 965. The molecule has 3 aromatic rings. The third kappa shape index (κ3) is 2.99. The van der Waals surface area contributed by atoms with Crippen LogP contribution in [0.25, 0.3) is 16.2 Å². The molecule has 1 fully saturated rings. The summed E-state index contributed by atoms with van der Waals surface area (Å²) < 4.78 is 1.87. The van der Waals surface area contributed by atoms with Crippen molar-refractivity contribution in [1.82, 2.24) is 19.2 Å². The van der Waals surface area contributed by atoms with Gasteiger partial charge in [0, 0.05) is 50.2 Å². The van der Waals surface area contributed by atoms with Crippen LogP contribution < -0.4 is 0 Å². The maximum Gasteiger partial charge on any atom is 0.271 e. The van der Waals surface area contributed by atoms with E-state index in [4.69, 9.17) is 0 Å². The first-order valence-electron chi connectivity index (χ1n) is 8.61. The number of benzene rings is 1. The normalized spacial score (nSPS) is 14.8. The fourth-order valence-corrected chi connectivity index (χ4v) is 4.03. The standard InChI is InChI=1S/C19H20N4O2S/c1-13-3-5-15(6-4-13)16-11-23-17(12-26-19(23)20-16)18(25)22-9-7-21(8-10-22)14(2)24/h3-6,11-12H,7-10H2,1-2H3. The van der Waals surface area contributed by atoms with E-state index in [2.05, 4.69) is 24.0 Å². The van der Waals surface area contributed by atoms with Gasteiger partial charge in [-0.2, -0.15) is 0 Å². The Morgan fingerprint density at radius 3 is 2.35 bits per heavy atom. The molecule has 0 aliphatic carbocycles. The van der Waals surface area contributed by atoms with Crippen molar-refractivity contribution < 1.29 is 9.59 Å². The summed E-state index contributed by atoms with van der Waals surface area (Å²) in [6, 6.07) is 8.21. The lowest BCUT2D eigenvalue weighted by Gasteiger charge is -2.34. The van der Waals surface area contributed by atoms with E-state index in [1.54, 1.807) is 11.8 Å². The van der Waals surface area contributed by atoms with Crippen molar-refractivity contribution in [1.29, 1.82) is 0 Å². The molecule has 1 aliphatic heterocycles. The molecule has 26 heavy (non-hydrogen) atoms. The Morgan fingerprint density at radius 2 is 1.69 bits per heavy atom. The SMILES string of the molecule is CC(=O)N1CCN(C(=O)c2csc3nc(-c4ccc(C)cc4)cn23)CC1. The van der Waals surface area contributed by atoms with Crippen molar-refractivity contribution in [3.8, 4) is 11.3 Å². The Balaban J connectivity index is 1.58. The number of carbonyl (C=O) groups is 2. The smallest absolute Gasteiger partial charge is 0.271 e. The topological polar surface area (TPSA) is 57.9 Å². The van der Waals surface area contributed by atoms with Crippen LogP contribution in [0.15, 0.2) is 35.8 Å². The van der Waals surface area contributed by atoms with Gasteiger partial charge in [-0.3, -0.25) is 14.0 Å². The summed E-state index contributed by atoms with van der Waals surface area (Å²) in [5, 5.41) is 1.86. The van der Waals surface area contributed by atoms with Gasteiger partial charge in [0.2, 0.25) is 5.91 Å². The first-order chi connectivity index (χ1) is 12.5. The molecule has 1 saturated heterocycles. The number of nitrogens with zero attached hydrogens (tertiary/aromatic N) is 4. The highest BCUT2D eigenvalue weighted by atomic mass is 32.1. The molecule has 0 unspecified atom stereocenters. The second-order valence-electron chi connectivity index (χ2n) is 6.56. The first-order valence-corrected chi connectivity index (χ1v) is 9.49. The third-order valence-electron chi connectivity index (χ3n) is 4.79. The van der Waals surface area contributed by atoms with Crippen LogP contribution in [-0.2, 0) is 4.79 Å². The molecule has 0 N–H and O–H groups in total. The van der Waals surface area contributed by atoms with Crippen LogP contribution >= 0.6 is 11.3 Å². The minimum Gasteiger partial charge on any atom is -0.339 e. The highest BCUT2D eigenvalue weighted by Crippen LogP contribution is 2.25. The highest BCUT2D eigenvalue weighted by molar-refractivity contribution is 7.15. The third-order valence-corrected chi connectivity index (χ3v) is 5.63. The monoisotopic (exact) mass is 368 g/mol. The number of imidazole rings is 1. The minimum absolute atomic E-state index is 0.00712. The van der Waals surface area contributed by atoms with Crippen molar-refractivity contribution in [2.45, 2.75) is 13.8 Å². The van der Waals surface area contributed by atoms with Gasteiger partial charge in [-0.1, -0.05) is 29.8 Å². The number of thiazole rings is 1. The molecule has 0 saturated carbocycles. The van der Waals surface area contributed by atoms with Crippen molar-refractivity contribution >= 4 is 28.1 Å². The Morgan fingerprint density at radius 1 is 1.04 bits per heavy atom. The molecule has 0 spiro atoms. The number of rotatable bonds is 2. The largest absolute Gasteiger partial charge is 0.339 e. The van der Waals surface area contributed by atoms with Gasteiger partial charge < -0.3 is 9.80 Å². The average molecular weight is 368 g/mol. The molecule has 0 bridgehead atoms. The second kappa shape index (κ2) is 6.57. The van der Waals surface area contributed by atoms with E-state index in [1.165, 1.54) is 16.9 Å². The summed E-state index contributed by atoms with van der Waals surface area (Å²) >= 11 is 1.47. The molecule has 1 aliphatic rings. The predicted octanol–water partition coefficient (Wildman–Crippen LogP) is 2.68. The van der Waals surface area contributed by atoms with E-state index in [0.717, 1.165) is 16.2 Å². The molecule has 134 valence electrons. The number of aromatic nitrogens is 2. The molecule has 6 nitrogen and oxygen atoms in total. The second-order valence-corrected chi connectivity index (χ2v) is 7.40. The quantitative estimate of drug-likeness (QED) is 0.699. The zero-order valence-electron chi connectivity index (χ0n) is 14.8. The summed E-state index contributed by atoms with van der Waals surface area (Å²) in [6.07, 6.45) is 1.93. The van der Waals surface area contributed by atoms with Gasteiger partial charge in [-0.25, -0.2) is 4.98 Å². The summed E-state index contributed by atoms with van der Waals surface area (Å²) in [5.41, 5.74) is 3.75. The number of amides is 2. The van der Waals surface area contributed by atoms with Crippen LogP contribution in [0.2, 0.25) is 0 Å². The van der Waals surface area contributed by atoms with E-state index in [1.807, 2.05) is 33.0 Å². The molecular formula is C19H20N4O2S. The zero-order valence-corrected chi connectivity index (χ0v) is 15.6. The Labute approximate surface area is 155 Å². The van der Waals surface area contributed by atoms with Gasteiger partial charge in [0.15, 0.2) is 4.96 Å². The van der Waals surface area contributed by atoms with Crippen molar-refractivity contribution in [2.24, 2.45) is 0 Å². The van der Waals surface area contributed by atoms with Crippen LogP contribution in [-0.4, -0.2) is 57.2 Å². The van der Waals surface area contributed by atoms with E-state index < -0.39 is 0 Å². The lowest BCUT2D eigenvalue weighted by atomic mass is 10.1. The summed E-state index contributed by atoms with van der Waals surface area (Å²) in [6.45, 7) is 5.93. The van der Waals surface area contributed by atoms with E-state index >= 15 is 0 Å². The predicted molar refractivity (Wildman–Crippen MR) is 101 cm³/mol. The summed E-state index contributed by atoms with van der Waals surface area (Å²) in [7, 11) is 0. The maximum atomic E-state index is 12.9. The molecule has 4 rings (SSSR count). The lowest BCUT2D eigenvalue weighted by Crippen LogP contribution is -2.50. The Kier molecular flexibility index (Phi) is 4.24. The number of fused-ring (bicyclic) bond motifs is 1. The Hall–Kier alpha value is -2.67. The zero-order chi connectivity index (χ0) is 18.3. The molecule has 3 heterocycles. The van der Waals surface area contributed by atoms with E-state index in [9.17, 15) is 9.59 Å². The number of carbonyl (C=O) groups excluding carboxylic acids is 2. The molecule has 1 aromatic carbocycles. The van der Waals surface area contributed by atoms with Gasteiger partial charge in [0.05, 0.1) is 5.69 Å². The van der Waals surface area contributed by atoms with Crippen molar-refractivity contribution in [2.75, 3.05) is 26.2 Å².